The van der Waals surface area contributed by atoms with Gasteiger partial charge < -0.3 is 9.32 Å². The van der Waals surface area contributed by atoms with Crippen LogP contribution in [-0.2, 0) is 0 Å². The van der Waals surface area contributed by atoms with Gasteiger partial charge in [-0.25, -0.2) is 0 Å². The predicted molar refractivity (Wildman–Crippen MR) is 250 cm³/mol. The Morgan fingerprint density at radius 1 is 0.362 bits per heavy atom. The van der Waals surface area contributed by atoms with Crippen molar-refractivity contribution >= 4 is 102 Å². The predicted octanol–water partition coefficient (Wildman–Crippen LogP) is 16.8. The van der Waals surface area contributed by atoms with E-state index < -0.39 is 0 Å². The smallest absolute Gasteiger partial charge is 0.145 e. The van der Waals surface area contributed by atoms with Crippen LogP contribution in [0.3, 0.4) is 0 Å². The maximum atomic E-state index is 7.11. The molecule has 0 radical (unpaired) electrons. The Balaban J connectivity index is 1.23. The Bertz CT molecular complexity index is 3510. The van der Waals surface area contributed by atoms with Gasteiger partial charge in [0.25, 0.3) is 0 Å². The zero-order chi connectivity index (χ0) is 38.2. The van der Waals surface area contributed by atoms with E-state index in [1.165, 1.54) is 51.5 Å². The van der Waals surface area contributed by atoms with E-state index in [4.69, 9.17) is 4.42 Å². The average Bonchev–Trinajstić information content (AvgIpc) is 3.99. The second-order valence-corrected chi connectivity index (χ2v) is 17.0. The molecule has 0 saturated heterocycles. The van der Waals surface area contributed by atoms with E-state index in [-0.39, 0.29) is 0 Å². The van der Waals surface area contributed by atoms with E-state index in [1.54, 1.807) is 0 Å². The number of rotatable bonds is 6. The molecule has 0 fully saturated rings. The van der Waals surface area contributed by atoms with E-state index in [2.05, 4.69) is 205 Å². The molecule has 0 atom stereocenters. The quantitative estimate of drug-likeness (QED) is 0.167. The molecule has 3 aromatic heterocycles. The van der Waals surface area contributed by atoms with E-state index in [0.717, 1.165) is 61.3 Å². The molecule has 9 aromatic carbocycles. The number of anilines is 3. The number of hydrogen-bond donors (Lipinski definition) is 0. The molecule has 58 heavy (non-hydrogen) atoms. The molecule has 3 heterocycles. The first kappa shape index (κ1) is 33.2. The fourth-order valence-corrected chi connectivity index (χ4v) is 11.1. The van der Waals surface area contributed by atoms with Crippen molar-refractivity contribution in [1.82, 2.24) is 0 Å². The minimum Gasteiger partial charge on any atom is -0.455 e. The summed E-state index contributed by atoms with van der Waals surface area (Å²) in [5, 5.41) is 7.24. The minimum absolute atomic E-state index is 0.864. The average molecular weight is 776 g/mol. The third-order valence-corrected chi connectivity index (χ3v) is 13.7. The van der Waals surface area contributed by atoms with Crippen LogP contribution in [0.5, 0.6) is 0 Å². The van der Waals surface area contributed by atoms with Gasteiger partial charge in [-0.1, -0.05) is 146 Å². The van der Waals surface area contributed by atoms with E-state index in [0.29, 0.717) is 0 Å². The minimum atomic E-state index is 0.864. The topological polar surface area (TPSA) is 16.4 Å². The van der Waals surface area contributed by atoms with Gasteiger partial charge in [-0.05, 0) is 76.9 Å². The highest BCUT2D eigenvalue weighted by atomic mass is 32.1. The molecule has 0 N–H and O–H groups in total. The summed E-state index contributed by atoms with van der Waals surface area (Å²) in [5.74, 6) is 0. The van der Waals surface area contributed by atoms with Gasteiger partial charge in [0.1, 0.15) is 11.2 Å². The van der Waals surface area contributed by atoms with Crippen molar-refractivity contribution in [2.45, 2.75) is 0 Å². The zero-order valence-electron chi connectivity index (χ0n) is 31.2. The van der Waals surface area contributed by atoms with Gasteiger partial charge in [0.05, 0.1) is 16.8 Å². The lowest BCUT2D eigenvalue weighted by Crippen LogP contribution is -2.12. The standard InChI is InChI=1S/C54H33NOS2/c1-4-14-34(15-5-1)37-24-26-43-46(32-37)56-54-40(36-18-8-3-9-19-36)28-30-45(51(43)54)55(38-25-27-42-41-20-10-12-22-47(41)58-50(42)33-38)53-39(35-16-6-2-7-17-35)29-31-49-52(53)44-21-11-13-23-48(44)57-49/h1-33H. The van der Waals surface area contributed by atoms with Gasteiger partial charge >= 0.3 is 0 Å². The first-order valence-corrected chi connectivity index (χ1v) is 21.2. The van der Waals surface area contributed by atoms with Gasteiger partial charge in [-0.3, -0.25) is 0 Å². The molecule has 0 aliphatic heterocycles. The van der Waals surface area contributed by atoms with Gasteiger partial charge in [-0.15, -0.1) is 22.7 Å². The van der Waals surface area contributed by atoms with E-state index in [1.807, 2.05) is 22.7 Å². The summed E-state index contributed by atoms with van der Waals surface area (Å²) in [5.41, 5.74) is 11.9. The summed E-state index contributed by atoms with van der Waals surface area (Å²) < 4.78 is 12.2. The molecule has 272 valence electrons. The molecule has 2 nitrogen and oxygen atoms in total. The van der Waals surface area contributed by atoms with Crippen LogP contribution in [0.2, 0.25) is 0 Å². The molecule has 0 bridgehead atoms. The highest BCUT2D eigenvalue weighted by Crippen LogP contribution is 2.53. The molecule has 0 saturated carbocycles. The lowest BCUT2D eigenvalue weighted by atomic mass is 9.95. The molecule has 12 aromatic rings. The van der Waals surface area contributed by atoms with Crippen LogP contribution in [0, 0.1) is 0 Å². The summed E-state index contributed by atoms with van der Waals surface area (Å²) in [6.45, 7) is 0. The van der Waals surface area contributed by atoms with Crippen molar-refractivity contribution in [2.24, 2.45) is 0 Å². The first-order chi connectivity index (χ1) is 28.8. The molecule has 4 heteroatoms. The third kappa shape index (κ3) is 5.23. The zero-order valence-corrected chi connectivity index (χ0v) is 32.9. The normalized spacial score (nSPS) is 11.8. The second-order valence-electron chi connectivity index (χ2n) is 14.8. The number of furan rings is 1. The number of hydrogen-bond acceptors (Lipinski definition) is 4. The Hall–Kier alpha value is -6.98. The van der Waals surface area contributed by atoms with E-state index >= 15 is 0 Å². The van der Waals surface area contributed by atoms with Crippen LogP contribution in [0.25, 0.3) is 95.7 Å². The van der Waals surface area contributed by atoms with Crippen LogP contribution in [0.4, 0.5) is 17.1 Å². The molecule has 12 rings (SSSR count). The Morgan fingerprint density at radius 3 is 1.71 bits per heavy atom. The number of nitrogens with zero attached hydrogens (tertiary/aromatic N) is 1. The van der Waals surface area contributed by atoms with Crippen molar-refractivity contribution < 1.29 is 4.42 Å². The number of fused-ring (bicyclic) bond motifs is 9. The van der Waals surface area contributed by atoms with Crippen molar-refractivity contribution in [1.29, 1.82) is 0 Å². The monoisotopic (exact) mass is 775 g/mol. The molecular formula is C54H33NOS2. The SMILES string of the molecule is c1ccc(-c2ccc3c(c2)oc2c(-c4ccccc4)ccc(N(c4ccc5c(c4)sc4ccccc45)c4c(-c5ccccc5)ccc5sc6ccccc6c45)c23)cc1. The van der Waals surface area contributed by atoms with Gasteiger partial charge in [-0.2, -0.15) is 0 Å². The summed E-state index contributed by atoms with van der Waals surface area (Å²) >= 11 is 3.71. The van der Waals surface area contributed by atoms with Crippen molar-refractivity contribution in [3.63, 3.8) is 0 Å². The molecule has 0 spiro atoms. The number of benzene rings is 9. The fraction of sp³-hybridized carbons (Fsp3) is 0. The van der Waals surface area contributed by atoms with Gasteiger partial charge in [0, 0.05) is 62.5 Å². The maximum absolute atomic E-state index is 7.11. The van der Waals surface area contributed by atoms with Crippen molar-refractivity contribution in [2.75, 3.05) is 4.90 Å². The Morgan fingerprint density at radius 2 is 0.948 bits per heavy atom. The summed E-state index contributed by atoms with van der Waals surface area (Å²) in [7, 11) is 0. The molecule has 0 aliphatic carbocycles. The summed E-state index contributed by atoms with van der Waals surface area (Å²) in [6.07, 6.45) is 0. The van der Waals surface area contributed by atoms with Crippen LogP contribution in [0.1, 0.15) is 0 Å². The Kier molecular flexibility index (Phi) is 7.62. The third-order valence-electron chi connectivity index (χ3n) is 11.5. The maximum Gasteiger partial charge on any atom is 0.145 e. The van der Waals surface area contributed by atoms with Crippen LogP contribution >= 0.6 is 22.7 Å². The second kappa shape index (κ2) is 13.3. The Labute approximate surface area is 343 Å². The van der Waals surface area contributed by atoms with Gasteiger partial charge in [0.15, 0.2) is 0 Å². The fourth-order valence-electron chi connectivity index (χ4n) is 8.83. The molecule has 0 aliphatic rings. The van der Waals surface area contributed by atoms with Gasteiger partial charge in [0.2, 0.25) is 0 Å². The lowest BCUT2D eigenvalue weighted by Gasteiger charge is -2.30. The largest absolute Gasteiger partial charge is 0.455 e. The highest BCUT2D eigenvalue weighted by molar-refractivity contribution is 7.26. The van der Waals surface area contributed by atoms with Crippen LogP contribution < -0.4 is 4.90 Å². The lowest BCUT2D eigenvalue weighted by molar-refractivity contribution is 0.670. The van der Waals surface area contributed by atoms with Crippen molar-refractivity contribution in [3.8, 4) is 33.4 Å². The van der Waals surface area contributed by atoms with Crippen LogP contribution in [-0.4, -0.2) is 0 Å². The summed E-state index contributed by atoms with van der Waals surface area (Å²) in [6, 6.07) is 72.6. The number of thiophene rings is 2. The summed E-state index contributed by atoms with van der Waals surface area (Å²) in [4.78, 5) is 2.53. The van der Waals surface area contributed by atoms with E-state index in [9.17, 15) is 0 Å². The molecule has 0 unspecified atom stereocenters. The first-order valence-electron chi connectivity index (χ1n) is 19.6. The molecule has 0 amide bonds. The highest BCUT2D eigenvalue weighted by Gasteiger charge is 2.27. The van der Waals surface area contributed by atoms with Crippen LogP contribution in [0.15, 0.2) is 205 Å². The van der Waals surface area contributed by atoms with Crippen molar-refractivity contribution in [3.05, 3.63) is 200 Å². The molecular weight excluding hydrogens is 743 g/mol.